The van der Waals surface area contributed by atoms with Gasteiger partial charge in [0, 0.05) is 6.20 Å². The second-order valence-electron chi connectivity index (χ2n) is 5.10. The molecule has 3 rings (SSSR count). The molecular weight excluding hydrogens is 255 g/mol. The summed E-state index contributed by atoms with van der Waals surface area (Å²) < 4.78 is 38.3. The van der Waals surface area contributed by atoms with Crippen LogP contribution in [0.2, 0.25) is 0 Å². The fourth-order valence-corrected chi connectivity index (χ4v) is 2.58. The average molecular weight is 269 g/mol. The standard InChI is InChI=1S/C13H14F3N3/c1-2-8-3-10(8)9-4-12-11(17-5-9)6-18-19(12)7-13(14,15)16/h4-6,8,10H,2-3,7H2,1H3/t8-,10-/m0/s1. The smallest absolute Gasteiger partial charge is 0.254 e. The lowest BCUT2D eigenvalue weighted by Gasteiger charge is -2.08. The second kappa shape index (κ2) is 4.21. The van der Waals surface area contributed by atoms with Gasteiger partial charge < -0.3 is 0 Å². The van der Waals surface area contributed by atoms with Crippen molar-refractivity contribution in [1.82, 2.24) is 14.8 Å². The molecule has 0 radical (unpaired) electrons. The maximum Gasteiger partial charge on any atom is 0.408 e. The maximum atomic E-state index is 12.5. The van der Waals surface area contributed by atoms with Crippen LogP contribution in [0.5, 0.6) is 0 Å². The zero-order valence-electron chi connectivity index (χ0n) is 10.5. The van der Waals surface area contributed by atoms with Gasteiger partial charge in [0.2, 0.25) is 0 Å². The summed E-state index contributed by atoms with van der Waals surface area (Å²) in [6.45, 7) is 1.06. The number of aromatic nitrogens is 3. The van der Waals surface area contributed by atoms with Gasteiger partial charge in [0.15, 0.2) is 0 Å². The number of alkyl halides is 3. The first-order chi connectivity index (χ1) is 8.98. The van der Waals surface area contributed by atoms with Gasteiger partial charge in [-0.1, -0.05) is 13.3 Å². The van der Waals surface area contributed by atoms with E-state index in [4.69, 9.17) is 0 Å². The number of nitrogens with zero attached hydrogens (tertiary/aromatic N) is 3. The summed E-state index contributed by atoms with van der Waals surface area (Å²) in [6.07, 6.45) is 1.10. The van der Waals surface area contributed by atoms with Crippen molar-refractivity contribution >= 4 is 11.0 Å². The molecular formula is C13H14F3N3. The minimum atomic E-state index is -4.26. The normalized spacial score (nSPS) is 22.9. The van der Waals surface area contributed by atoms with Crippen LogP contribution in [0, 0.1) is 5.92 Å². The van der Waals surface area contributed by atoms with E-state index in [1.807, 2.05) is 0 Å². The Morgan fingerprint density at radius 1 is 1.37 bits per heavy atom. The molecule has 3 nitrogen and oxygen atoms in total. The largest absolute Gasteiger partial charge is 0.408 e. The minimum absolute atomic E-state index is 0.455. The molecule has 0 amide bonds. The predicted molar refractivity (Wildman–Crippen MR) is 64.7 cm³/mol. The molecule has 1 aliphatic rings. The summed E-state index contributed by atoms with van der Waals surface area (Å²) in [6, 6.07) is 1.81. The lowest BCUT2D eigenvalue weighted by molar-refractivity contribution is -0.141. The fraction of sp³-hybridized carbons (Fsp3) is 0.538. The lowest BCUT2D eigenvalue weighted by atomic mass is 10.1. The van der Waals surface area contributed by atoms with Gasteiger partial charge in [-0.2, -0.15) is 18.3 Å². The van der Waals surface area contributed by atoms with E-state index in [0.29, 0.717) is 22.9 Å². The van der Waals surface area contributed by atoms with Crippen LogP contribution in [-0.4, -0.2) is 20.9 Å². The van der Waals surface area contributed by atoms with E-state index in [2.05, 4.69) is 17.0 Å². The topological polar surface area (TPSA) is 30.7 Å². The first-order valence-electron chi connectivity index (χ1n) is 6.36. The molecule has 0 spiro atoms. The average Bonchev–Trinajstić information content (AvgIpc) is 3.04. The van der Waals surface area contributed by atoms with Gasteiger partial charge in [-0.15, -0.1) is 0 Å². The quantitative estimate of drug-likeness (QED) is 0.853. The van der Waals surface area contributed by atoms with E-state index in [-0.39, 0.29) is 0 Å². The number of rotatable bonds is 3. The van der Waals surface area contributed by atoms with Crippen molar-refractivity contribution in [3.05, 3.63) is 24.0 Å². The predicted octanol–water partition coefficient (Wildman–Crippen LogP) is 3.51. The first-order valence-corrected chi connectivity index (χ1v) is 6.36. The van der Waals surface area contributed by atoms with Gasteiger partial charge in [0.25, 0.3) is 0 Å². The summed E-state index contributed by atoms with van der Waals surface area (Å²) >= 11 is 0. The summed E-state index contributed by atoms with van der Waals surface area (Å²) in [7, 11) is 0. The lowest BCUT2D eigenvalue weighted by Crippen LogP contribution is -2.18. The van der Waals surface area contributed by atoms with Gasteiger partial charge in [0.05, 0.1) is 11.7 Å². The van der Waals surface area contributed by atoms with E-state index < -0.39 is 12.7 Å². The molecule has 0 aromatic carbocycles. The van der Waals surface area contributed by atoms with Crippen LogP contribution in [0.4, 0.5) is 13.2 Å². The van der Waals surface area contributed by atoms with Crippen LogP contribution < -0.4 is 0 Å². The van der Waals surface area contributed by atoms with E-state index >= 15 is 0 Å². The molecule has 1 fully saturated rings. The fourth-order valence-electron chi connectivity index (χ4n) is 2.58. The minimum Gasteiger partial charge on any atom is -0.254 e. The van der Waals surface area contributed by atoms with Crippen molar-refractivity contribution in [2.45, 2.75) is 38.4 Å². The molecule has 2 atom stereocenters. The Balaban J connectivity index is 1.94. The van der Waals surface area contributed by atoms with Crippen molar-refractivity contribution in [2.75, 3.05) is 0 Å². The molecule has 0 aliphatic heterocycles. The molecule has 1 saturated carbocycles. The van der Waals surface area contributed by atoms with Crippen LogP contribution in [0.15, 0.2) is 18.5 Å². The van der Waals surface area contributed by atoms with E-state index in [0.717, 1.165) is 23.1 Å². The van der Waals surface area contributed by atoms with Gasteiger partial charge in [-0.3, -0.25) is 9.67 Å². The van der Waals surface area contributed by atoms with Crippen molar-refractivity contribution in [3.8, 4) is 0 Å². The molecule has 102 valence electrons. The number of halogens is 3. The van der Waals surface area contributed by atoms with Gasteiger partial charge in [-0.25, -0.2) is 0 Å². The zero-order valence-corrected chi connectivity index (χ0v) is 10.5. The van der Waals surface area contributed by atoms with Crippen LogP contribution in [-0.2, 0) is 6.54 Å². The zero-order chi connectivity index (χ0) is 13.6. The van der Waals surface area contributed by atoms with Crippen LogP contribution in [0.1, 0.15) is 31.2 Å². The Labute approximate surface area is 108 Å². The third-order valence-corrected chi connectivity index (χ3v) is 3.72. The van der Waals surface area contributed by atoms with E-state index in [1.165, 1.54) is 6.20 Å². The van der Waals surface area contributed by atoms with Gasteiger partial charge in [0.1, 0.15) is 12.1 Å². The Kier molecular flexibility index (Phi) is 2.76. The molecule has 0 N–H and O–H groups in total. The SMILES string of the molecule is CC[C@H]1C[C@@H]1c1cnc2cnn(CC(F)(F)F)c2c1. The number of pyridine rings is 1. The molecule has 2 aromatic heterocycles. The molecule has 0 unspecified atom stereocenters. The van der Waals surface area contributed by atoms with Gasteiger partial charge >= 0.3 is 6.18 Å². The third-order valence-electron chi connectivity index (χ3n) is 3.72. The van der Waals surface area contributed by atoms with Crippen molar-refractivity contribution in [2.24, 2.45) is 5.92 Å². The maximum absolute atomic E-state index is 12.5. The molecule has 2 aromatic rings. The van der Waals surface area contributed by atoms with E-state index in [9.17, 15) is 13.2 Å². The molecule has 1 aliphatic carbocycles. The van der Waals surface area contributed by atoms with Crippen LogP contribution in [0.3, 0.4) is 0 Å². The van der Waals surface area contributed by atoms with Crippen LogP contribution in [0.25, 0.3) is 11.0 Å². The first kappa shape index (κ1) is 12.4. The number of fused-ring (bicyclic) bond motifs is 1. The summed E-state index contributed by atoms with van der Waals surface area (Å²) in [5, 5.41) is 3.77. The Morgan fingerprint density at radius 2 is 2.16 bits per heavy atom. The Bertz CT molecular complexity index is 603. The van der Waals surface area contributed by atoms with E-state index in [1.54, 1.807) is 12.3 Å². The Morgan fingerprint density at radius 3 is 2.79 bits per heavy atom. The molecule has 6 heteroatoms. The molecule has 19 heavy (non-hydrogen) atoms. The number of hydrogen-bond acceptors (Lipinski definition) is 2. The van der Waals surface area contributed by atoms with Crippen molar-refractivity contribution in [3.63, 3.8) is 0 Å². The van der Waals surface area contributed by atoms with Gasteiger partial charge in [-0.05, 0) is 29.9 Å². The highest BCUT2D eigenvalue weighted by Crippen LogP contribution is 2.49. The molecule has 0 bridgehead atoms. The summed E-state index contributed by atoms with van der Waals surface area (Å²) in [5.74, 6) is 1.11. The monoisotopic (exact) mass is 269 g/mol. The highest BCUT2D eigenvalue weighted by Gasteiger charge is 2.37. The van der Waals surface area contributed by atoms with Crippen LogP contribution >= 0.6 is 0 Å². The highest BCUT2D eigenvalue weighted by molar-refractivity contribution is 5.74. The summed E-state index contributed by atoms with van der Waals surface area (Å²) in [5.41, 5.74) is 2.02. The summed E-state index contributed by atoms with van der Waals surface area (Å²) in [4.78, 5) is 4.21. The van der Waals surface area contributed by atoms with Crippen molar-refractivity contribution < 1.29 is 13.2 Å². The van der Waals surface area contributed by atoms with Crippen molar-refractivity contribution in [1.29, 1.82) is 0 Å². The molecule has 2 heterocycles. The molecule has 0 saturated heterocycles. The second-order valence-corrected chi connectivity index (χ2v) is 5.10. The highest BCUT2D eigenvalue weighted by atomic mass is 19.4. The Hall–Kier alpha value is -1.59. The third kappa shape index (κ3) is 2.43. The number of hydrogen-bond donors (Lipinski definition) is 0.